The zero-order valence-electron chi connectivity index (χ0n) is 18.7. The molecule has 0 bridgehead atoms. The number of carbonyl (C=O) groups is 2. The first kappa shape index (κ1) is 26.7. The van der Waals surface area contributed by atoms with Gasteiger partial charge in [0.05, 0.1) is 45.4 Å². The van der Waals surface area contributed by atoms with Gasteiger partial charge in [-0.3, -0.25) is 9.59 Å². The highest BCUT2D eigenvalue weighted by Crippen LogP contribution is 2.38. The second kappa shape index (κ2) is 11.6. The van der Waals surface area contributed by atoms with Gasteiger partial charge in [0.25, 0.3) is 0 Å². The van der Waals surface area contributed by atoms with Gasteiger partial charge >= 0.3 is 11.8 Å². The Bertz CT molecular complexity index is 1120. The summed E-state index contributed by atoms with van der Waals surface area (Å²) in [4.78, 5) is 22.4. The number of hydrogen-bond acceptors (Lipinski definition) is 7. The number of rotatable bonds is 11. The summed E-state index contributed by atoms with van der Waals surface area (Å²) in [5.74, 6) is -5.94. The molecule has 1 atom stereocenters. The van der Waals surface area contributed by atoms with Gasteiger partial charge in [-0.2, -0.15) is 8.78 Å². The molecule has 2 aromatic rings. The predicted molar refractivity (Wildman–Crippen MR) is 121 cm³/mol. The highest BCUT2D eigenvalue weighted by molar-refractivity contribution is 7.78. The van der Waals surface area contributed by atoms with Crippen molar-refractivity contribution in [2.45, 2.75) is 11.7 Å². The lowest BCUT2D eigenvalue weighted by molar-refractivity contribution is -0.146. The molecule has 0 fully saturated rings. The summed E-state index contributed by atoms with van der Waals surface area (Å²) in [7, 11) is 5.42. The van der Waals surface area contributed by atoms with E-state index in [0.29, 0.717) is 11.3 Å². The Labute approximate surface area is 196 Å². The molecule has 2 N–H and O–H groups in total. The van der Waals surface area contributed by atoms with E-state index < -0.39 is 34.9 Å². The van der Waals surface area contributed by atoms with Crippen molar-refractivity contribution in [3.05, 3.63) is 53.1 Å². The summed E-state index contributed by atoms with van der Waals surface area (Å²) in [5, 5.41) is 1.91. The number of amides is 1. The molecule has 0 aliphatic rings. The molecule has 0 spiro atoms. The summed E-state index contributed by atoms with van der Waals surface area (Å²) in [6.45, 7) is 0. The van der Waals surface area contributed by atoms with Crippen LogP contribution in [0.1, 0.15) is 16.7 Å². The van der Waals surface area contributed by atoms with Crippen molar-refractivity contribution in [1.82, 2.24) is 0 Å². The Hall–Kier alpha value is -3.51. The standard InChI is InChI=1S/C22H23F2NO8S/c1-30-17-8-6-5-7-14(17)19(32-3)20(33-4)15-10-18(31-2)16(9-13(15)11-34(28)29)25-21(27)22(23,24)12-26/h5-10,12H,11H2,1-4H3,(H,25,27)(H,28,29). The third-order valence-electron chi connectivity index (χ3n) is 4.61. The largest absolute Gasteiger partial charge is 0.496 e. The summed E-state index contributed by atoms with van der Waals surface area (Å²) in [5.41, 5.74) is 0.615. The number of aldehydes is 1. The first-order valence-corrected chi connectivity index (χ1v) is 10.8. The Morgan fingerprint density at radius 1 is 1.03 bits per heavy atom. The zero-order chi connectivity index (χ0) is 25.5. The molecule has 1 amide bonds. The van der Waals surface area contributed by atoms with E-state index >= 15 is 0 Å². The summed E-state index contributed by atoms with van der Waals surface area (Å²) < 4.78 is 69.9. The number of hydrogen-bond donors (Lipinski definition) is 2. The number of halogens is 2. The number of benzene rings is 2. The number of ether oxygens (including phenoxy) is 4. The van der Waals surface area contributed by atoms with Crippen molar-refractivity contribution in [2.24, 2.45) is 0 Å². The first-order chi connectivity index (χ1) is 16.1. The second-order valence-corrected chi connectivity index (χ2v) is 7.57. The van der Waals surface area contributed by atoms with Crippen molar-refractivity contribution in [2.75, 3.05) is 33.8 Å². The summed E-state index contributed by atoms with van der Waals surface area (Å²) in [6, 6.07) is 9.38. The Kier molecular flexibility index (Phi) is 9.10. The molecule has 0 aliphatic carbocycles. The van der Waals surface area contributed by atoms with E-state index in [1.165, 1.54) is 40.6 Å². The molecule has 0 heterocycles. The van der Waals surface area contributed by atoms with E-state index in [2.05, 4.69) is 0 Å². The lowest BCUT2D eigenvalue weighted by atomic mass is 10.0. The Morgan fingerprint density at radius 2 is 1.62 bits per heavy atom. The topological polar surface area (TPSA) is 120 Å². The van der Waals surface area contributed by atoms with Crippen LogP contribution in [-0.4, -0.2) is 55.3 Å². The van der Waals surface area contributed by atoms with Gasteiger partial charge < -0.3 is 28.8 Å². The molecule has 34 heavy (non-hydrogen) atoms. The van der Waals surface area contributed by atoms with E-state index in [-0.39, 0.29) is 34.1 Å². The normalized spacial score (nSPS) is 12.8. The van der Waals surface area contributed by atoms with E-state index in [4.69, 9.17) is 18.9 Å². The first-order valence-electron chi connectivity index (χ1n) is 9.53. The van der Waals surface area contributed by atoms with E-state index in [9.17, 15) is 27.1 Å². The quantitative estimate of drug-likeness (QED) is 0.159. The fourth-order valence-corrected chi connectivity index (χ4v) is 3.60. The SMILES string of the molecule is COC(=C(OC)c1ccccc1OC)c1cc(OC)c(NC(=O)C(F)(F)C=O)cc1CS(=O)O. The zero-order valence-corrected chi connectivity index (χ0v) is 19.5. The number of nitrogens with one attached hydrogen (secondary N) is 1. The number of para-hydroxylation sites is 1. The average molecular weight is 499 g/mol. The van der Waals surface area contributed by atoms with Gasteiger partial charge in [0, 0.05) is 5.56 Å². The van der Waals surface area contributed by atoms with Crippen LogP contribution < -0.4 is 14.8 Å². The number of anilines is 1. The minimum Gasteiger partial charge on any atom is -0.496 e. The minimum absolute atomic E-state index is 0.0810. The second-order valence-electron chi connectivity index (χ2n) is 6.64. The molecule has 0 saturated carbocycles. The molecule has 9 nitrogen and oxygen atoms in total. The fourth-order valence-electron chi connectivity index (χ4n) is 3.10. The molecule has 1 unspecified atom stereocenters. The Balaban J connectivity index is 2.79. The molecule has 2 rings (SSSR count). The van der Waals surface area contributed by atoms with Gasteiger partial charge in [-0.1, -0.05) is 12.1 Å². The van der Waals surface area contributed by atoms with Gasteiger partial charge in [-0.25, -0.2) is 4.21 Å². The molecular weight excluding hydrogens is 476 g/mol. The van der Waals surface area contributed by atoms with Gasteiger partial charge in [-0.15, -0.1) is 0 Å². The average Bonchev–Trinajstić information content (AvgIpc) is 2.82. The van der Waals surface area contributed by atoms with Crippen LogP contribution >= 0.6 is 0 Å². The van der Waals surface area contributed by atoms with Crippen LogP contribution in [0.4, 0.5) is 14.5 Å². The van der Waals surface area contributed by atoms with Crippen molar-refractivity contribution >= 4 is 40.5 Å². The highest BCUT2D eigenvalue weighted by atomic mass is 32.2. The van der Waals surface area contributed by atoms with Crippen LogP contribution in [0.2, 0.25) is 0 Å². The van der Waals surface area contributed by atoms with Gasteiger partial charge in [0.15, 0.2) is 28.9 Å². The monoisotopic (exact) mass is 499 g/mol. The van der Waals surface area contributed by atoms with Crippen molar-refractivity contribution in [3.8, 4) is 11.5 Å². The fraction of sp³-hybridized carbons (Fsp3) is 0.273. The van der Waals surface area contributed by atoms with Gasteiger partial charge in [0.2, 0.25) is 0 Å². The molecule has 184 valence electrons. The van der Waals surface area contributed by atoms with Gasteiger partial charge in [0.1, 0.15) is 11.5 Å². The summed E-state index contributed by atoms with van der Waals surface area (Å²) in [6.07, 6.45) is -0.795. The summed E-state index contributed by atoms with van der Waals surface area (Å²) >= 11 is -2.36. The van der Waals surface area contributed by atoms with Gasteiger partial charge in [-0.05, 0) is 29.8 Å². The third-order valence-corrected chi connectivity index (χ3v) is 5.17. The molecule has 0 radical (unpaired) electrons. The maximum Gasteiger partial charge on any atom is 0.379 e. The lowest BCUT2D eigenvalue weighted by Crippen LogP contribution is -2.36. The number of methoxy groups -OCH3 is 4. The molecule has 0 aromatic heterocycles. The maximum atomic E-state index is 13.5. The molecule has 0 aliphatic heterocycles. The minimum atomic E-state index is -4.28. The highest BCUT2D eigenvalue weighted by Gasteiger charge is 2.39. The van der Waals surface area contributed by atoms with E-state index in [0.717, 1.165) is 0 Å². The molecule has 2 aromatic carbocycles. The van der Waals surface area contributed by atoms with Crippen molar-refractivity contribution in [1.29, 1.82) is 0 Å². The Morgan fingerprint density at radius 3 is 2.15 bits per heavy atom. The van der Waals surface area contributed by atoms with Crippen molar-refractivity contribution < 1.29 is 46.1 Å². The van der Waals surface area contributed by atoms with Crippen LogP contribution in [0.3, 0.4) is 0 Å². The maximum absolute atomic E-state index is 13.5. The van der Waals surface area contributed by atoms with Crippen LogP contribution in [0.15, 0.2) is 36.4 Å². The lowest BCUT2D eigenvalue weighted by Gasteiger charge is -2.20. The molecule has 0 saturated heterocycles. The number of carbonyl (C=O) groups excluding carboxylic acids is 2. The van der Waals surface area contributed by atoms with Crippen LogP contribution in [0, 0.1) is 0 Å². The molecular formula is C22H23F2NO8S. The van der Waals surface area contributed by atoms with E-state index in [1.54, 1.807) is 24.3 Å². The number of alkyl halides is 2. The van der Waals surface area contributed by atoms with Crippen molar-refractivity contribution in [3.63, 3.8) is 0 Å². The van der Waals surface area contributed by atoms with Crippen LogP contribution in [-0.2, 0) is 35.9 Å². The van der Waals surface area contributed by atoms with Crippen LogP contribution in [0.25, 0.3) is 11.5 Å². The van der Waals surface area contributed by atoms with Crippen LogP contribution in [0.5, 0.6) is 11.5 Å². The smallest absolute Gasteiger partial charge is 0.379 e. The third kappa shape index (κ3) is 5.88. The van der Waals surface area contributed by atoms with E-state index in [1.807, 2.05) is 5.32 Å². The predicted octanol–water partition coefficient (Wildman–Crippen LogP) is 3.32. The molecule has 12 heteroatoms.